The summed E-state index contributed by atoms with van der Waals surface area (Å²) in [4.78, 5) is 0. The molecule has 0 amide bonds. The molecular weight excluding hydrogens is 647 g/mol. The van der Waals surface area contributed by atoms with Gasteiger partial charge in [-0.25, -0.2) is 0 Å². The second kappa shape index (κ2) is 11.2. The third-order valence-electron chi connectivity index (χ3n) is 9.20. The van der Waals surface area contributed by atoms with Crippen LogP contribution in [0, 0.1) is 0 Å². The second-order valence-electron chi connectivity index (χ2n) is 11.9. The van der Waals surface area contributed by atoms with Crippen LogP contribution in [-0.2, 0) is 24.3 Å². The van der Waals surface area contributed by atoms with Crippen molar-refractivity contribution in [3.63, 3.8) is 0 Å². The molecule has 1 aliphatic carbocycles. The molecule has 5 aromatic carbocycles. The molecule has 0 nitrogen and oxygen atoms in total. The predicted octanol–water partition coefficient (Wildman–Crippen LogP) is 8.52. The summed E-state index contributed by atoms with van der Waals surface area (Å²) in [6, 6.07) is 40.0. The molecule has 0 bridgehead atoms. The zero-order valence-corrected chi connectivity index (χ0v) is 29.7. The number of halogens is 2. The van der Waals surface area contributed by atoms with Crippen molar-refractivity contribution in [1.82, 2.24) is 0 Å². The first-order valence-corrected chi connectivity index (χ1v) is 25.4. The van der Waals surface area contributed by atoms with E-state index in [1.165, 1.54) is 69.3 Å². The SMILES string of the molecule is CCc1ccccc1-c1c(C(C)C)ccc2c1C=C(c1ccccc1)[CH]2[Zr]([Cl])([Cl])[c]1cccc2c1[SiH2]c1ccccc1-2. The van der Waals surface area contributed by atoms with Crippen LogP contribution >= 0.6 is 17.0 Å². The first-order valence-electron chi connectivity index (χ1n) is 15.0. The van der Waals surface area contributed by atoms with Crippen molar-refractivity contribution in [2.45, 2.75) is 36.7 Å². The van der Waals surface area contributed by atoms with E-state index in [4.69, 9.17) is 17.0 Å². The quantitative estimate of drug-likeness (QED) is 0.155. The molecule has 0 aromatic heterocycles. The van der Waals surface area contributed by atoms with E-state index < -0.39 is 27.4 Å². The minimum absolute atomic E-state index is 0.00186. The molecule has 4 heteroatoms. The fourth-order valence-electron chi connectivity index (χ4n) is 7.22. The Balaban J connectivity index is 1.48. The Morgan fingerprint density at radius 2 is 1.43 bits per heavy atom. The van der Waals surface area contributed by atoms with E-state index in [9.17, 15) is 0 Å². The number of aryl methyl sites for hydroxylation is 1. The molecular formula is C38H34Cl2SiZr. The third-order valence-corrected chi connectivity index (χ3v) is 23.4. The van der Waals surface area contributed by atoms with E-state index in [1.54, 1.807) is 0 Å². The van der Waals surface area contributed by atoms with Gasteiger partial charge < -0.3 is 0 Å². The van der Waals surface area contributed by atoms with Crippen LogP contribution in [0.1, 0.15) is 58.1 Å². The Morgan fingerprint density at radius 1 is 0.738 bits per heavy atom. The van der Waals surface area contributed by atoms with Gasteiger partial charge in [-0.2, -0.15) is 0 Å². The Kier molecular flexibility index (Phi) is 7.56. The van der Waals surface area contributed by atoms with Crippen molar-refractivity contribution in [2.75, 3.05) is 0 Å². The number of hydrogen-bond donors (Lipinski definition) is 0. The maximum atomic E-state index is 7.98. The minimum atomic E-state index is -4.13. The van der Waals surface area contributed by atoms with Crippen LogP contribution < -0.4 is 13.6 Å². The van der Waals surface area contributed by atoms with Crippen molar-refractivity contribution in [3.05, 3.63) is 137 Å². The van der Waals surface area contributed by atoms with Gasteiger partial charge in [0.15, 0.2) is 0 Å². The predicted molar refractivity (Wildman–Crippen MR) is 183 cm³/mol. The average molecular weight is 681 g/mol. The second-order valence-corrected chi connectivity index (χ2v) is 27.7. The van der Waals surface area contributed by atoms with E-state index >= 15 is 0 Å². The maximum absolute atomic E-state index is 7.98. The van der Waals surface area contributed by atoms with Crippen LogP contribution in [0.5, 0.6) is 0 Å². The molecule has 0 fully saturated rings. The molecule has 0 saturated heterocycles. The Morgan fingerprint density at radius 3 is 2.19 bits per heavy atom. The van der Waals surface area contributed by atoms with Crippen LogP contribution in [0.3, 0.4) is 0 Å². The van der Waals surface area contributed by atoms with Crippen LogP contribution in [-0.4, -0.2) is 9.52 Å². The summed E-state index contributed by atoms with van der Waals surface area (Å²) >= 11 is -4.13. The fraction of sp³-hybridized carbons (Fsp3) is 0.158. The standard InChI is InChI=1S/C26H25.C12H9Si.2ClH.Zr/c1-4-19-10-8-9-13-24(19)26-23(18(2)3)15-14-21-16-22(17-25(21)26)20-11-6-5-7-12-20;1-3-7-11-9(5-1)10-6-2-4-8-12(10)13-11;;;/h5-18H,4H2,1-3H3;1-7H,13H2;2*1H;/q;;;;+2/p-2. The van der Waals surface area contributed by atoms with Gasteiger partial charge in [0.25, 0.3) is 0 Å². The van der Waals surface area contributed by atoms with Gasteiger partial charge in [-0.3, -0.25) is 0 Å². The van der Waals surface area contributed by atoms with Gasteiger partial charge in [0.1, 0.15) is 0 Å². The number of fused-ring (bicyclic) bond motifs is 4. The summed E-state index contributed by atoms with van der Waals surface area (Å²) in [6.07, 6.45) is 3.43. The van der Waals surface area contributed by atoms with Gasteiger partial charge in [-0.05, 0) is 0 Å². The number of allylic oxidation sites excluding steroid dienone is 1. The van der Waals surface area contributed by atoms with Gasteiger partial charge >= 0.3 is 266 Å². The van der Waals surface area contributed by atoms with Crippen LogP contribution in [0.15, 0.2) is 109 Å². The van der Waals surface area contributed by atoms with Gasteiger partial charge in [0.2, 0.25) is 0 Å². The van der Waals surface area contributed by atoms with Crippen LogP contribution in [0.2, 0.25) is 0 Å². The molecule has 0 saturated carbocycles. The van der Waals surface area contributed by atoms with Crippen LogP contribution in [0.4, 0.5) is 0 Å². The van der Waals surface area contributed by atoms with Crippen molar-refractivity contribution in [1.29, 1.82) is 0 Å². The zero-order chi connectivity index (χ0) is 29.0. The third kappa shape index (κ3) is 4.58. The van der Waals surface area contributed by atoms with E-state index in [1.807, 2.05) is 0 Å². The van der Waals surface area contributed by atoms with E-state index in [0.717, 1.165) is 6.42 Å². The Bertz CT molecular complexity index is 1860. The fourth-order valence-corrected chi connectivity index (χ4v) is 23.7. The first kappa shape index (κ1) is 28.3. The molecule has 5 aromatic rings. The summed E-state index contributed by atoms with van der Waals surface area (Å²) < 4.78 is 1.27. The van der Waals surface area contributed by atoms with Crippen molar-refractivity contribution >= 4 is 51.8 Å². The average Bonchev–Trinajstić information content (AvgIpc) is 3.60. The summed E-state index contributed by atoms with van der Waals surface area (Å²) in [5.41, 5.74) is 13.3. The molecule has 0 N–H and O–H groups in total. The van der Waals surface area contributed by atoms with Crippen LogP contribution in [0.25, 0.3) is 33.9 Å². The molecule has 1 unspecified atom stereocenters. The first-order chi connectivity index (χ1) is 20.4. The van der Waals surface area contributed by atoms with Crippen molar-refractivity contribution in [3.8, 4) is 22.3 Å². The monoisotopic (exact) mass is 678 g/mol. The zero-order valence-electron chi connectivity index (χ0n) is 24.3. The molecule has 0 spiro atoms. The van der Waals surface area contributed by atoms with Crippen molar-refractivity contribution in [2.24, 2.45) is 0 Å². The van der Waals surface area contributed by atoms with E-state index in [0.29, 0.717) is 5.92 Å². The van der Waals surface area contributed by atoms with Gasteiger partial charge in [0.05, 0.1) is 0 Å². The van der Waals surface area contributed by atoms with E-state index in [2.05, 4.69) is 136 Å². The van der Waals surface area contributed by atoms with Gasteiger partial charge in [-0.15, -0.1) is 0 Å². The van der Waals surface area contributed by atoms with Gasteiger partial charge in [-0.1, -0.05) is 0 Å². The number of benzene rings is 5. The normalized spacial score (nSPS) is 16.0. The van der Waals surface area contributed by atoms with Crippen molar-refractivity contribution < 1.29 is 17.9 Å². The molecule has 1 atom stereocenters. The molecule has 2 aliphatic rings. The molecule has 208 valence electrons. The Hall–Kier alpha value is -2.48. The molecule has 42 heavy (non-hydrogen) atoms. The summed E-state index contributed by atoms with van der Waals surface area (Å²) in [7, 11) is 15.3. The number of rotatable bonds is 6. The molecule has 1 aliphatic heterocycles. The number of hydrogen-bond acceptors (Lipinski definition) is 0. The summed E-state index contributed by atoms with van der Waals surface area (Å²) in [5, 5.41) is 2.97. The molecule has 1 heterocycles. The summed E-state index contributed by atoms with van der Waals surface area (Å²) in [5.74, 6) is 0.394. The topological polar surface area (TPSA) is 0 Å². The van der Waals surface area contributed by atoms with E-state index in [-0.39, 0.29) is 3.63 Å². The molecule has 7 rings (SSSR count). The summed E-state index contributed by atoms with van der Waals surface area (Å²) in [6.45, 7) is 6.86. The van der Waals surface area contributed by atoms with Gasteiger partial charge in [0, 0.05) is 0 Å². The molecule has 0 radical (unpaired) electrons. The Labute approximate surface area is 263 Å².